The van der Waals surface area contributed by atoms with Gasteiger partial charge in [0.05, 0.1) is 6.10 Å². The van der Waals surface area contributed by atoms with E-state index in [1.54, 1.807) is 19.1 Å². The van der Waals surface area contributed by atoms with Crippen LogP contribution in [0.25, 0.3) is 0 Å². The van der Waals surface area contributed by atoms with E-state index in [-0.39, 0.29) is 35.7 Å². The Balaban J connectivity index is 2.23. The maximum atomic E-state index is 12.4. The second-order valence-electron chi connectivity index (χ2n) is 7.13. The van der Waals surface area contributed by atoms with Gasteiger partial charge in [-0.25, -0.2) is 0 Å². The van der Waals surface area contributed by atoms with E-state index in [9.17, 15) is 14.4 Å². The van der Waals surface area contributed by atoms with E-state index in [1.165, 1.54) is 0 Å². The number of likely N-dealkylation sites (tertiary alicyclic amines) is 1. The summed E-state index contributed by atoms with van der Waals surface area (Å²) in [4.78, 5) is 39.5. The molecule has 0 aromatic carbocycles. The molecule has 1 heterocycles. The molecule has 7 heteroatoms. The van der Waals surface area contributed by atoms with Gasteiger partial charge in [-0.15, -0.1) is 0 Å². The molecule has 25 heavy (non-hydrogen) atoms. The number of hydrogen-bond donors (Lipinski definition) is 1. The van der Waals surface area contributed by atoms with Crippen LogP contribution in [0.15, 0.2) is 0 Å². The van der Waals surface area contributed by atoms with E-state index in [2.05, 4.69) is 5.32 Å². The molecule has 0 radical (unpaired) electrons. The number of carbonyl (C=O) groups excluding carboxylic acids is 3. The standard InChI is InChI=1S/C18H33N3O4/c1-13(2)17(23)20(4)11-9-19-16(22)7-6-14(3)18(24)21-10-8-15(12-21)25-5/h13-15H,6-12H2,1-5H3,(H,19,22). The first-order chi connectivity index (χ1) is 11.8. The Bertz CT molecular complexity index is 467. The Labute approximate surface area is 151 Å². The Kier molecular flexibility index (Phi) is 8.89. The van der Waals surface area contributed by atoms with Crippen molar-refractivity contribution >= 4 is 17.7 Å². The van der Waals surface area contributed by atoms with Gasteiger partial charge in [-0.3, -0.25) is 14.4 Å². The molecule has 1 N–H and O–H groups in total. The third-order valence-electron chi connectivity index (χ3n) is 4.66. The minimum Gasteiger partial charge on any atom is -0.380 e. The van der Waals surface area contributed by atoms with Gasteiger partial charge in [-0.2, -0.15) is 0 Å². The van der Waals surface area contributed by atoms with Gasteiger partial charge in [-0.05, 0) is 12.8 Å². The average Bonchev–Trinajstić information content (AvgIpc) is 3.07. The molecule has 0 aromatic rings. The van der Waals surface area contributed by atoms with Crippen LogP contribution in [0.4, 0.5) is 0 Å². The Morgan fingerprint density at radius 2 is 1.96 bits per heavy atom. The third kappa shape index (κ3) is 7.02. The summed E-state index contributed by atoms with van der Waals surface area (Å²) in [6.45, 7) is 7.86. The van der Waals surface area contributed by atoms with Gasteiger partial charge >= 0.3 is 0 Å². The highest BCUT2D eigenvalue weighted by molar-refractivity contribution is 5.81. The van der Waals surface area contributed by atoms with Crippen LogP contribution in [0.2, 0.25) is 0 Å². The summed E-state index contributed by atoms with van der Waals surface area (Å²) in [5, 5.41) is 2.81. The molecule has 2 unspecified atom stereocenters. The van der Waals surface area contributed by atoms with Crippen LogP contribution in [-0.4, -0.2) is 74.0 Å². The first-order valence-electron chi connectivity index (χ1n) is 9.09. The van der Waals surface area contributed by atoms with Crippen LogP contribution in [0, 0.1) is 11.8 Å². The molecule has 2 atom stereocenters. The van der Waals surface area contributed by atoms with Crippen molar-refractivity contribution < 1.29 is 19.1 Å². The summed E-state index contributed by atoms with van der Waals surface area (Å²) in [7, 11) is 3.40. The second-order valence-corrected chi connectivity index (χ2v) is 7.13. The minimum atomic E-state index is -0.174. The number of carbonyl (C=O) groups is 3. The summed E-state index contributed by atoms with van der Waals surface area (Å²) in [5.74, 6) is -0.147. The van der Waals surface area contributed by atoms with Crippen molar-refractivity contribution in [3.8, 4) is 0 Å². The highest BCUT2D eigenvalue weighted by Crippen LogP contribution is 2.17. The van der Waals surface area contributed by atoms with Gasteiger partial charge in [0.2, 0.25) is 17.7 Å². The van der Waals surface area contributed by atoms with Crippen molar-refractivity contribution in [1.29, 1.82) is 0 Å². The van der Waals surface area contributed by atoms with Gasteiger partial charge in [0.25, 0.3) is 0 Å². The third-order valence-corrected chi connectivity index (χ3v) is 4.66. The average molecular weight is 355 g/mol. The van der Waals surface area contributed by atoms with Crippen molar-refractivity contribution in [1.82, 2.24) is 15.1 Å². The van der Waals surface area contributed by atoms with Gasteiger partial charge < -0.3 is 19.9 Å². The second kappa shape index (κ2) is 10.4. The van der Waals surface area contributed by atoms with Crippen LogP contribution in [0.1, 0.15) is 40.0 Å². The van der Waals surface area contributed by atoms with E-state index in [0.717, 1.165) is 13.0 Å². The summed E-state index contributed by atoms with van der Waals surface area (Å²) >= 11 is 0. The number of nitrogens with zero attached hydrogens (tertiary/aromatic N) is 2. The predicted molar refractivity (Wildman–Crippen MR) is 95.9 cm³/mol. The van der Waals surface area contributed by atoms with Gasteiger partial charge in [-0.1, -0.05) is 20.8 Å². The zero-order chi connectivity index (χ0) is 19.0. The maximum Gasteiger partial charge on any atom is 0.225 e. The Morgan fingerprint density at radius 3 is 2.52 bits per heavy atom. The zero-order valence-electron chi connectivity index (χ0n) is 16.2. The topological polar surface area (TPSA) is 79.0 Å². The molecule has 1 aliphatic rings. The van der Waals surface area contributed by atoms with Crippen LogP contribution >= 0.6 is 0 Å². The van der Waals surface area contributed by atoms with Crippen LogP contribution in [0.3, 0.4) is 0 Å². The molecule has 0 saturated carbocycles. The summed E-state index contributed by atoms with van der Waals surface area (Å²) in [5.41, 5.74) is 0. The van der Waals surface area contributed by atoms with Gasteiger partial charge in [0.15, 0.2) is 0 Å². The highest BCUT2D eigenvalue weighted by Gasteiger charge is 2.28. The fourth-order valence-electron chi connectivity index (χ4n) is 2.91. The van der Waals surface area contributed by atoms with E-state index >= 15 is 0 Å². The molecule has 1 fully saturated rings. The first-order valence-corrected chi connectivity index (χ1v) is 9.09. The number of amides is 3. The van der Waals surface area contributed by atoms with Crippen molar-refractivity contribution in [2.24, 2.45) is 11.8 Å². The van der Waals surface area contributed by atoms with Crippen LogP contribution in [0.5, 0.6) is 0 Å². The quantitative estimate of drug-likeness (QED) is 0.666. The fraction of sp³-hybridized carbons (Fsp3) is 0.833. The lowest BCUT2D eigenvalue weighted by molar-refractivity contribution is -0.135. The molecule has 0 spiro atoms. The molecule has 1 rings (SSSR count). The number of hydrogen-bond acceptors (Lipinski definition) is 4. The molecule has 144 valence electrons. The lowest BCUT2D eigenvalue weighted by atomic mass is 10.0. The number of likely N-dealkylation sites (N-methyl/N-ethyl adjacent to an activating group) is 1. The summed E-state index contributed by atoms with van der Waals surface area (Å²) in [6.07, 6.45) is 1.85. The largest absolute Gasteiger partial charge is 0.380 e. The maximum absolute atomic E-state index is 12.4. The van der Waals surface area contributed by atoms with Crippen molar-refractivity contribution in [3.63, 3.8) is 0 Å². The number of rotatable bonds is 9. The van der Waals surface area contributed by atoms with Gasteiger partial charge in [0, 0.05) is 58.6 Å². The molecule has 0 bridgehead atoms. The van der Waals surface area contributed by atoms with Crippen molar-refractivity contribution in [2.45, 2.75) is 46.1 Å². The lowest BCUT2D eigenvalue weighted by Gasteiger charge is -2.21. The molecule has 1 aliphatic heterocycles. The molecule has 0 aromatic heterocycles. The van der Waals surface area contributed by atoms with Gasteiger partial charge in [0.1, 0.15) is 0 Å². The normalized spacial score (nSPS) is 18.3. The molecular formula is C18H33N3O4. The molecule has 3 amide bonds. The fourth-order valence-corrected chi connectivity index (χ4v) is 2.91. The lowest BCUT2D eigenvalue weighted by Crippen LogP contribution is -2.38. The minimum absolute atomic E-state index is 0.0455. The zero-order valence-corrected chi connectivity index (χ0v) is 16.2. The predicted octanol–water partition coefficient (Wildman–Crippen LogP) is 0.881. The van der Waals surface area contributed by atoms with Crippen LogP contribution < -0.4 is 5.32 Å². The summed E-state index contributed by atoms with van der Waals surface area (Å²) in [6, 6.07) is 0. The Morgan fingerprint density at radius 1 is 1.28 bits per heavy atom. The Hall–Kier alpha value is -1.63. The van der Waals surface area contributed by atoms with E-state index in [1.807, 2.05) is 25.7 Å². The highest BCUT2D eigenvalue weighted by atomic mass is 16.5. The molecule has 7 nitrogen and oxygen atoms in total. The number of ether oxygens (including phenoxy) is 1. The number of methoxy groups -OCH3 is 1. The van der Waals surface area contributed by atoms with Crippen LogP contribution in [-0.2, 0) is 19.1 Å². The monoisotopic (exact) mass is 355 g/mol. The van der Waals surface area contributed by atoms with Crippen molar-refractivity contribution in [2.75, 3.05) is 40.3 Å². The van der Waals surface area contributed by atoms with E-state index in [4.69, 9.17) is 4.74 Å². The van der Waals surface area contributed by atoms with E-state index < -0.39 is 0 Å². The summed E-state index contributed by atoms with van der Waals surface area (Å²) < 4.78 is 5.28. The SMILES string of the molecule is COC1CCN(C(=O)C(C)CCC(=O)NCCN(C)C(=O)C(C)C)C1. The van der Waals surface area contributed by atoms with E-state index in [0.29, 0.717) is 32.5 Å². The first kappa shape index (κ1) is 21.4. The number of nitrogens with one attached hydrogen (secondary N) is 1. The molecule has 0 aliphatic carbocycles. The molecular weight excluding hydrogens is 322 g/mol. The smallest absolute Gasteiger partial charge is 0.225 e. The molecule has 1 saturated heterocycles. The van der Waals surface area contributed by atoms with Crippen molar-refractivity contribution in [3.05, 3.63) is 0 Å².